The minimum atomic E-state index is -3.68. The molecule has 0 saturated heterocycles. The van der Waals surface area contributed by atoms with Crippen LogP contribution in [0.15, 0.2) is 47.7 Å². The molecule has 2 rings (SSSR count). The lowest BCUT2D eigenvalue weighted by Crippen LogP contribution is -2.11. The monoisotopic (exact) mass is 364 g/mol. The molecule has 6 heteroatoms. The molecule has 5 nitrogen and oxygen atoms in total. The Kier molecular flexibility index (Phi) is 7.63. The van der Waals surface area contributed by atoms with Crippen molar-refractivity contribution in [2.24, 2.45) is 0 Å². The van der Waals surface area contributed by atoms with E-state index in [1.807, 2.05) is 30.3 Å². The molecule has 0 saturated carbocycles. The Balaban J connectivity index is 2.20. The summed E-state index contributed by atoms with van der Waals surface area (Å²) in [5, 5.41) is 0. The number of allylic oxidation sites excluding steroid dienone is 3. The van der Waals surface area contributed by atoms with Crippen LogP contribution in [0, 0.1) is 0 Å². The Bertz CT molecular complexity index is 668. The number of carbonyl (C=O) groups excluding carboxylic acids is 1. The maximum atomic E-state index is 12.6. The van der Waals surface area contributed by atoms with E-state index in [2.05, 4.69) is 0 Å². The van der Waals surface area contributed by atoms with E-state index in [0.29, 0.717) is 24.2 Å². The summed E-state index contributed by atoms with van der Waals surface area (Å²) < 4.78 is 28.5. The Labute approximate surface area is 149 Å². The summed E-state index contributed by atoms with van der Waals surface area (Å²) in [5.41, 5.74) is 1.50. The first kappa shape index (κ1) is 19.6. The molecule has 0 N–H and O–H groups in total. The van der Waals surface area contributed by atoms with Gasteiger partial charge in [-0.05, 0) is 44.7 Å². The fourth-order valence-electron chi connectivity index (χ4n) is 2.62. The van der Waals surface area contributed by atoms with Crippen LogP contribution in [0.2, 0.25) is 0 Å². The van der Waals surface area contributed by atoms with Gasteiger partial charge in [-0.3, -0.25) is 13.8 Å². The van der Waals surface area contributed by atoms with Crippen molar-refractivity contribution in [3.05, 3.63) is 53.3 Å². The molecule has 0 amide bonds. The van der Waals surface area contributed by atoms with Crippen LogP contribution < -0.4 is 0 Å². The summed E-state index contributed by atoms with van der Waals surface area (Å²) in [4.78, 5) is 12.6. The van der Waals surface area contributed by atoms with E-state index in [1.165, 1.54) is 6.08 Å². The maximum absolute atomic E-state index is 12.6. The third kappa shape index (κ3) is 5.96. The molecule has 0 aromatic heterocycles. The van der Waals surface area contributed by atoms with E-state index >= 15 is 0 Å². The molecule has 0 bridgehead atoms. The highest BCUT2D eigenvalue weighted by atomic mass is 31.2. The average Bonchev–Trinajstić information content (AvgIpc) is 2.61. The number of hydrogen-bond acceptors (Lipinski definition) is 5. The van der Waals surface area contributed by atoms with Gasteiger partial charge in [0.1, 0.15) is 5.76 Å². The zero-order valence-corrected chi connectivity index (χ0v) is 15.7. The summed E-state index contributed by atoms with van der Waals surface area (Å²) in [7, 11) is -3.68. The van der Waals surface area contributed by atoms with Crippen LogP contribution in [0.4, 0.5) is 0 Å². The molecule has 0 spiro atoms. The lowest BCUT2D eigenvalue weighted by Gasteiger charge is -2.23. The van der Waals surface area contributed by atoms with Crippen LogP contribution in [0.3, 0.4) is 0 Å². The predicted octanol–water partition coefficient (Wildman–Crippen LogP) is 5.29. The SMILES string of the molecule is CCOP(=O)(OCC)OC1=C(C(=O)/C=C/c2ccccc2)CCCC1. The number of carbonyl (C=O) groups is 1. The zero-order chi connectivity index (χ0) is 18.1. The Hall–Kier alpha value is -1.68. The Morgan fingerprint density at radius 3 is 2.36 bits per heavy atom. The highest BCUT2D eigenvalue weighted by molar-refractivity contribution is 7.48. The van der Waals surface area contributed by atoms with Gasteiger partial charge in [-0.15, -0.1) is 0 Å². The van der Waals surface area contributed by atoms with Crippen molar-refractivity contribution < 1.29 is 22.9 Å². The number of hydrogen-bond donors (Lipinski definition) is 0. The van der Waals surface area contributed by atoms with Crippen molar-refractivity contribution in [3.8, 4) is 0 Å². The van der Waals surface area contributed by atoms with Crippen molar-refractivity contribution >= 4 is 19.7 Å². The van der Waals surface area contributed by atoms with Crippen molar-refractivity contribution in [1.29, 1.82) is 0 Å². The summed E-state index contributed by atoms with van der Waals surface area (Å²) >= 11 is 0. The molecule has 0 aliphatic heterocycles. The van der Waals surface area contributed by atoms with Crippen molar-refractivity contribution in [3.63, 3.8) is 0 Å². The fraction of sp³-hybridized carbons (Fsp3) is 0.421. The molecular weight excluding hydrogens is 339 g/mol. The smallest absolute Gasteiger partial charge is 0.408 e. The highest BCUT2D eigenvalue weighted by Crippen LogP contribution is 2.53. The number of benzene rings is 1. The molecular formula is C19H25O5P. The minimum absolute atomic E-state index is 0.127. The Morgan fingerprint density at radius 1 is 1.08 bits per heavy atom. The number of phosphoric ester groups is 1. The predicted molar refractivity (Wildman–Crippen MR) is 97.9 cm³/mol. The standard InChI is InChI=1S/C19H25O5P/c1-3-22-25(21,23-4-2)24-19-13-9-8-12-17(19)18(20)15-14-16-10-6-5-7-11-16/h5-7,10-11,14-15H,3-4,8-9,12-13H2,1-2H3/b15-14+. The molecule has 1 aromatic rings. The first-order valence-electron chi connectivity index (χ1n) is 8.66. The summed E-state index contributed by atoms with van der Waals surface area (Å²) in [5.74, 6) is 0.303. The molecule has 0 atom stereocenters. The van der Waals surface area contributed by atoms with Crippen LogP contribution in [0.1, 0.15) is 45.1 Å². The van der Waals surface area contributed by atoms with E-state index in [4.69, 9.17) is 13.6 Å². The van der Waals surface area contributed by atoms with Crippen LogP contribution in [0.25, 0.3) is 6.08 Å². The van der Waals surface area contributed by atoms with Gasteiger partial charge in [-0.2, -0.15) is 0 Å². The second kappa shape index (κ2) is 9.71. The fourth-order valence-corrected chi connectivity index (χ4v) is 3.90. The number of rotatable bonds is 9. The van der Waals surface area contributed by atoms with E-state index in [9.17, 15) is 9.36 Å². The molecule has 0 fully saturated rings. The maximum Gasteiger partial charge on any atom is 0.529 e. The largest absolute Gasteiger partial charge is 0.529 e. The normalized spacial score (nSPS) is 15.6. The lowest BCUT2D eigenvalue weighted by atomic mass is 9.94. The average molecular weight is 364 g/mol. The second-order valence-corrected chi connectivity index (χ2v) is 7.18. The third-order valence-corrected chi connectivity index (χ3v) is 5.33. The third-order valence-electron chi connectivity index (χ3n) is 3.74. The van der Waals surface area contributed by atoms with Gasteiger partial charge in [0.25, 0.3) is 0 Å². The van der Waals surface area contributed by atoms with Gasteiger partial charge in [-0.25, -0.2) is 4.57 Å². The molecule has 0 unspecified atom stereocenters. The topological polar surface area (TPSA) is 61.8 Å². The second-order valence-electron chi connectivity index (χ2n) is 5.59. The zero-order valence-electron chi connectivity index (χ0n) is 14.8. The van der Waals surface area contributed by atoms with Gasteiger partial charge in [0.15, 0.2) is 5.78 Å². The first-order chi connectivity index (χ1) is 12.1. The number of phosphoric acid groups is 1. The van der Waals surface area contributed by atoms with Crippen LogP contribution in [-0.4, -0.2) is 19.0 Å². The van der Waals surface area contributed by atoms with Crippen LogP contribution in [0.5, 0.6) is 0 Å². The summed E-state index contributed by atoms with van der Waals surface area (Å²) in [6.45, 7) is 3.86. The van der Waals surface area contributed by atoms with E-state index in [1.54, 1.807) is 19.9 Å². The number of ketones is 1. The van der Waals surface area contributed by atoms with E-state index < -0.39 is 7.82 Å². The quantitative estimate of drug-likeness (QED) is 0.440. The van der Waals surface area contributed by atoms with E-state index in [-0.39, 0.29) is 19.0 Å². The minimum Gasteiger partial charge on any atom is -0.408 e. The van der Waals surface area contributed by atoms with Crippen molar-refractivity contribution in [2.45, 2.75) is 39.5 Å². The van der Waals surface area contributed by atoms with Crippen LogP contribution >= 0.6 is 7.82 Å². The molecule has 1 aromatic carbocycles. The molecule has 136 valence electrons. The molecule has 1 aliphatic rings. The summed E-state index contributed by atoms with van der Waals surface area (Å²) in [6, 6.07) is 9.61. The lowest BCUT2D eigenvalue weighted by molar-refractivity contribution is -0.111. The van der Waals surface area contributed by atoms with Gasteiger partial charge < -0.3 is 4.52 Å². The van der Waals surface area contributed by atoms with Crippen molar-refractivity contribution in [1.82, 2.24) is 0 Å². The van der Waals surface area contributed by atoms with Gasteiger partial charge in [0.05, 0.1) is 13.2 Å². The molecule has 1 aliphatic carbocycles. The van der Waals surface area contributed by atoms with Gasteiger partial charge in [0.2, 0.25) is 0 Å². The first-order valence-corrected chi connectivity index (χ1v) is 10.1. The molecule has 0 heterocycles. The summed E-state index contributed by atoms with van der Waals surface area (Å²) in [6.07, 6.45) is 6.25. The highest BCUT2D eigenvalue weighted by Gasteiger charge is 2.31. The van der Waals surface area contributed by atoms with Gasteiger partial charge in [0, 0.05) is 12.0 Å². The van der Waals surface area contributed by atoms with Gasteiger partial charge in [-0.1, -0.05) is 36.4 Å². The van der Waals surface area contributed by atoms with E-state index in [0.717, 1.165) is 18.4 Å². The Morgan fingerprint density at radius 2 is 1.72 bits per heavy atom. The van der Waals surface area contributed by atoms with Crippen LogP contribution in [-0.2, 0) is 22.9 Å². The van der Waals surface area contributed by atoms with Crippen molar-refractivity contribution in [2.75, 3.05) is 13.2 Å². The molecule has 0 radical (unpaired) electrons. The van der Waals surface area contributed by atoms with Gasteiger partial charge >= 0.3 is 7.82 Å². The molecule has 25 heavy (non-hydrogen) atoms.